The van der Waals surface area contributed by atoms with Gasteiger partial charge in [0.05, 0.1) is 6.42 Å². The molecule has 33 heavy (non-hydrogen) atoms. The molecular weight excluding hydrogens is 420 g/mol. The molecule has 0 radical (unpaired) electrons. The summed E-state index contributed by atoms with van der Waals surface area (Å²) in [6, 6.07) is 14.8. The lowest BCUT2D eigenvalue weighted by molar-refractivity contribution is -0.137. The van der Waals surface area contributed by atoms with Gasteiger partial charge in [-0.15, -0.1) is 0 Å². The van der Waals surface area contributed by atoms with Gasteiger partial charge in [0.2, 0.25) is 5.91 Å². The number of rotatable bonds is 8. The highest BCUT2D eigenvalue weighted by molar-refractivity contribution is 5.87. The van der Waals surface area contributed by atoms with Crippen molar-refractivity contribution in [2.24, 2.45) is 5.41 Å². The second-order valence-corrected chi connectivity index (χ2v) is 9.48. The Hall–Kier alpha value is -3.35. The van der Waals surface area contributed by atoms with E-state index in [1.807, 2.05) is 57.2 Å². The normalized spacial score (nSPS) is 14.5. The second-order valence-electron chi connectivity index (χ2n) is 9.48. The number of alkyl carbamates (subject to hydrolysis) is 1. The van der Waals surface area contributed by atoms with E-state index in [-0.39, 0.29) is 18.9 Å². The lowest BCUT2D eigenvalue weighted by Gasteiger charge is -2.31. The Labute approximate surface area is 194 Å². The van der Waals surface area contributed by atoms with Gasteiger partial charge in [-0.1, -0.05) is 76.2 Å². The molecule has 2 atom stereocenters. The number of fused-ring (bicyclic) bond motifs is 3. The first kappa shape index (κ1) is 24.3. The van der Waals surface area contributed by atoms with Crippen molar-refractivity contribution in [1.29, 1.82) is 0 Å². The standard InChI is InChI=1S/C26H32N2O5/c1-5-16(14-22(29)30)27-24(31)23(26(2,3)4)28-25(32)33-15-21-19-12-8-6-10-17(19)18-11-7-9-13-20(18)21/h6-13,16,21,23H,5,14-15H2,1-4H3,(H,27,31)(H,28,32)(H,29,30)/t16?,23-/m0/s1. The highest BCUT2D eigenvalue weighted by atomic mass is 16.5. The zero-order valence-electron chi connectivity index (χ0n) is 19.6. The number of carbonyl (C=O) groups excluding carboxylic acids is 2. The lowest BCUT2D eigenvalue weighted by Crippen LogP contribution is -2.55. The highest BCUT2D eigenvalue weighted by Crippen LogP contribution is 2.44. The van der Waals surface area contributed by atoms with E-state index in [4.69, 9.17) is 9.84 Å². The van der Waals surface area contributed by atoms with Crippen molar-refractivity contribution in [3.05, 3.63) is 59.7 Å². The van der Waals surface area contributed by atoms with Crippen molar-refractivity contribution in [3.8, 4) is 11.1 Å². The maximum absolute atomic E-state index is 12.9. The first-order valence-electron chi connectivity index (χ1n) is 11.3. The van der Waals surface area contributed by atoms with E-state index >= 15 is 0 Å². The van der Waals surface area contributed by atoms with Crippen LogP contribution in [0.3, 0.4) is 0 Å². The summed E-state index contributed by atoms with van der Waals surface area (Å²) in [7, 11) is 0. The Bertz CT molecular complexity index is 982. The van der Waals surface area contributed by atoms with Gasteiger partial charge < -0.3 is 20.5 Å². The molecule has 3 rings (SSSR count). The van der Waals surface area contributed by atoms with Gasteiger partial charge in [-0.3, -0.25) is 9.59 Å². The number of carbonyl (C=O) groups is 3. The van der Waals surface area contributed by atoms with Crippen LogP contribution in [0.25, 0.3) is 11.1 Å². The number of carboxylic acids is 1. The van der Waals surface area contributed by atoms with Gasteiger partial charge in [-0.25, -0.2) is 4.79 Å². The maximum Gasteiger partial charge on any atom is 0.407 e. The van der Waals surface area contributed by atoms with Crippen LogP contribution in [0.5, 0.6) is 0 Å². The third kappa shape index (κ3) is 5.72. The van der Waals surface area contributed by atoms with Crippen LogP contribution in [0.1, 0.15) is 57.6 Å². The van der Waals surface area contributed by atoms with Crippen molar-refractivity contribution in [2.75, 3.05) is 6.61 Å². The number of nitrogens with one attached hydrogen (secondary N) is 2. The Morgan fingerprint density at radius 3 is 2.00 bits per heavy atom. The fraction of sp³-hybridized carbons (Fsp3) is 0.423. The average Bonchev–Trinajstić information content (AvgIpc) is 3.08. The van der Waals surface area contributed by atoms with Crippen LogP contribution in [0.15, 0.2) is 48.5 Å². The minimum absolute atomic E-state index is 0.0786. The van der Waals surface area contributed by atoms with Crippen LogP contribution >= 0.6 is 0 Å². The Kier molecular flexibility index (Phi) is 7.41. The van der Waals surface area contributed by atoms with Crippen LogP contribution in [-0.4, -0.2) is 41.8 Å². The predicted molar refractivity (Wildman–Crippen MR) is 126 cm³/mol. The fourth-order valence-corrected chi connectivity index (χ4v) is 4.23. The Morgan fingerprint density at radius 2 is 1.52 bits per heavy atom. The molecule has 0 aliphatic heterocycles. The molecule has 0 fully saturated rings. The molecule has 0 aromatic heterocycles. The predicted octanol–water partition coefficient (Wildman–Crippen LogP) is 4.31. The van der Waals surface area contributed by atoms with Crippen LogP contribution < -0.4 is 10.6 Å². The number of hydrogen-bond acceptors (Lipinski definition) is 4. The van der Waals surface area contributed by atoms with Gasteiger partial charge in [-0.2, -0.15) is 0 Å². The summed E-state index contributed by atoms with van der Waals surface area (Å²) in [5.41, 5.74) is 3.89. The van der Waals surface area contributed by atoms with Crippen LogP contribution in [-0.2, 0) is 14.3 Å². The summed E-state index contributed by atoms with van der Waals surface area (Å²) in [5.74, 6) is -1.49. The molecule has 7 heteroatoms. The quantitative estimate of drug-likeness (QED) is 0.554. The number of aliphatic carboxylic acids is 1. The van der Waals surface area contributed by atoms with Gasteiger partial charge in [0.25, 0.3) is 0 Å². The number of ether oxygens (including phenoxy) is 1. The SMILES string of the molecule is CCC(CC(=O)O)NC(=O)[C@H](NC(=O)OCC1c2ccccc2-c2ccccc21)C(C)(C)C. The van der Waals surface area contributed by atoms with Crippen molar-refractivity contribution in [2.45, 2.75) is 58.5 Å². The van der Waals surface area contributed by atoms with E-state index in [0.717, 1.165) is 22.3 Å². The molecule has 7 nitrogen and oxygen atoms in total. The molecule has 176 valence electrons. The topological polar surface area (TPSA) is 105 Å². The third-order valence-electron chi connectivity index (χ3n) is 5.99. The Morgan fingerprint density at radius 1 is 0.970 bits per heavy atom. The van der Waals surface area contributed by atoms with Crippen molar-refractivity contribution in [3.63, 3.8) is 0 Å². The molecule has 2 aromatic carbocycles. The lowest BCUT2D eigenvalue weighted by atomic mass is 9.86. The van der Waals surface area contributed by atoms with E-state index in [2.05, 4.69) is 22.8 Å². The van der Waals surface area contributed by atoms with Crippen molar-refractivity contribution in [1.82, 2.24) is 10.6 Å². The summed E-state index contributed by atoms with van der Waals surface area (Å²) in [6.45, 7) is 7.45. The average molecular weight is 453 g/mol. The summed E-state index contributed by atoms with van der Waals surface area (Å²) in [4.78, 5) is 36.6. The van der Waals surface area contributed by atoms with Gasteiger partial charge in [0, 0.05) is 12.0 Å². The van der Waals surface area contributed by atoms with E-state index in [9.17, 15) is 14.4 Å². The fourth-order valence-electron chi connectivity index (χ4n) is 4.23. The van der Waals surface area contributed by atoms with Crippen LogP contribution in [0.2, 0.25) is 0 Å². The van der Waals surface area contributed by atoms with Crippen LogP contribution in [0, 0.1) is 5.41 Å². The van der Waals surface area contributed by atoms with Gasteiger partial charge in [0.1, 0.15) is 12.6 Å². The zero-order valence-corrected chi connectivity index (χ0v) is 19.6. The van der Waals surface area contributed by atoms with Gasteiger partial charge >= 0.3 is 12.1 Å². The van der Waals surface area contributed by atoms with Crippen molar-refractivity contribution < 1.29 is 24.2 Å². The smallest absolute Gasteiger partial charge is 0.407 e. The van der Waals surface area contributed by atoms with Gasteiger partial charge in [-0.05, 0) is 34.1 Å². The molecule has 0 saturated carbocycles. The summed E-state index contributed by atoms with van der Waals surface area (Å²) in [5, 5.41) is 14.5. The monoisotopic (exact) mass is 452 g/mol. The molecule has 1 unspecified atom stereocenters. The number of hydrogen-bond donors (Lipinski definition) is 3. The molecule has 2 amide bonds. The number of carboxylic acid groups (broad SMARTS) is 1. The van der Waals surface area contributed by atoms with Crippen LogP contribution in [0.4, 0.5) is 4.79 Å². The molecule has 3 N–H and O–H groups in total. The molecule has 0 saturated heterocycles. The number of amides is 2. The molecule has 1 aliphatic rings. The summed E-state index contributed by atoms with van der Waals surface area (Å²) >= 11 is 0. The second kappa shape index (κ2) is 10.1. The Balaban J connectivity index is 1.68. The first-order chi connectivity index (χ1) is 15.6. The summed E-state index contributed by atoms with van der Waals surface area (Å²) in [6.07, 6.45) is -0.387. The largest absolute Gasteiger partial charge is 0.481 e. The minimum atomic E-state index is -0.987. The molecule has 0 bridgehead atoms. The molecular formula is C26H32N2O5. The molecule has 0 spiro atoms. The van der Waals surface area contributed by atoms with Crippen molar-refractivity contribution >= 4 is 18.0 Å². The van der Waals surface area contributed by atoms with E-state index < -0.39 is 35.5 Å². The van der Waals surface area contributed by atoms with E-state index in [1.165, 1.54) is 0 Å². The first-order valence-corrected chi connectivity index (χ1v) is 11.3. The van der Waals surface area contributed by atoms with E-state index in [1.54, 1.807) is 6.92 Å². The van der Waals surface area contributed by atoms with Gasteiger partial charge in [0.15, 0.2) is 0 Å². The maximum atomic E-state index is 12.9. The third-order valence-corrected chi connectivity index (χ3v) is 5.99. The number of benzene rings is 2. The molecule has 1 aliphatic carbocycles. The molecule has 2 aromatic rings. The summed E-state index contributed by atoms with van der Waals surface area (Å²) < 4.78 is 5.59. The van der Waals surface area contributed by atoms with E-state index in [0.29, 0.717) is 6.42 Å². The minimum Gasteiger partial charge on any atom is -0.481 e. The highest BCUT2D eigenvalue weighted by Gasteiger charge is 2.35. The molecule has 0 heterocycles. The zero-order chi connectivity index (χ0) is 24.2.